The Morgan fingerprint density at radius 1 is 1.55 bits per heavy atom. The summed E-state index contributed by atoms with van der Waals surface area (Å²) in [5, 5.41) is 19.9. The number of carbonyl (C=O) groups is 1. The number of benzene rings is 1. The fraction of sp³-hybridized carbons (Fsp3) is 0.167. The van der Waals surface area contributed by atoms with Crippen LogP contribution in [-0.2, 0) is 6.42 Å². The van der Waals surface area contributed by atoms with E-state index in [1.165, 1.54) is 12.1 Å². The molecule has 0 aliphatic carbocycles. The largest absolute Gasteiger partial charge is 0.307 e. The van der Waals surface area contributed by atoms with E-state index in [9.17, 15) is 14.9 Å². The number of aromatic nitrogens is 2. The van der Waals surface area contributed by atoms with Crippen molar-refractivity contribution in [3.05, 3.63) is 50.7 Å². The zero-order chi connectivity index (χ0) is 14.7. The lowest BCUT2D eigenvalue weighted by atomic mass is 10.2. The maximum Gasteiger partial charge on any atom is 0.288 e. The summed E-state index contributed by atoms with van der Waals surface area (Å²) < 4.78 is 0. The average molecular weight is 295 g/mol. The number of amides is 1. The summed E-state index contributed by atoms with van der Waals surface area (Å²) >= 11 is 5.70. The third kappa shape index (κ3) is 2.77. The van der Waals surface area contributed by atoms with Gasteiger partial charge in [0.05, 0.1) is 11.1 Å². The molecule has 0 unspecified atom stereocenters. The van der Waals surface area contributed by atoms with Crippen molar-refractivity contribution in [2.24, 2.45) is 0 Å². The molecule has 2 aromatic rings. The molecule has 2 rings (SSSR count). The van der Waals surface area contributed by atoms with E-state index in [-0.39, 0.29) is 16.3 Å². The zero-order valence-corrected chi connectivity index (χ0v) is 11.3. The van der Waals surface area contributed by atoms with Crippen LogP contribution in [0, 0.1) is 10.1 Å². The lowest BCUT2D eigenvalue weighted by molar-refractivity contribution is -0.384. The Morgan fingerprint density at radius 3 is 2.95 bits per heavy atom. The van der Waals surface area contributed by atoms with E-state index < -0.39 is 10.8 Å². The maximum absolute atomic E-state index is 12.0. The number of nitro groups is 1. The summed E-state index contributed by atoms with van der Waals surface area (Å²) in [7, 11) is 0. The molecule has 0 radical (unpaired) electrons. The van der Waals surface area contributed by atoms with Crippen molar-refractivity contribution >= 4 is 29.0 Å². The van der Waals surface area contributed by atoms with Crippen molar-refractivity contribution in [2.45, 2.75) is 13.3 Å². The van der Waals surface area contributed by atoms with Crippen molar-refractivity contribution in [1.29, 1.82) is 0 Å². The number of aromatic amines is 1. The number of nitrogens with zero attached hydrogens (tertiary/aromatic N) is 2. The molecule has 0 saturated heterocycles. The van der Waals surface area contributed by atoms with Crippen molar-refractivity contribution in [1.82, 2.24) is 10.2 Å². The molecule has 1 aromatic carbocycles. The summed E-state index contributed by atoms with van der Waals surface area (Å²) in [5.74, 6) is 0.0128. The smallest absolute Gasteiger partial charge is 0.288 e. The zero-order valence-electron chi connectivity index (χ0n) is 10.5. The first kappa shape index (κ1) is 14.0. The molecule has 8 heteroatoms. The number of nitro benzene ring substituents is 1. The number of hydrogen-bond donors (Lipinski definition) is 2. The molecule has 7 nitrogen and oxygen atoms in total. The van der Waals surface area contributed by atoms with E-state index in [2.05, 4.69) is 15.5 Å². The quantitative estimate of drug-likeness (QED) is 0.668. The lowest BCUT2D eigenvalue weighted by Gasteiger charge is -2.05. The molecule has 104 valence electrons. The minimum atomic E-state index is -0.632. The van der Waals surface area contributed by atoms with Gasteiger partial charge < -0.3 is 5.32 Å². The fourth-order valence-corrected chi connectivity index (χ4v) is 1.85. The van der Waals surface area contributed by atoms with Gasteiger partial charge in [-0.3, -0.25) is 20.0 Å². The Bertz CT molecular complexity index is 668. The summed E-state index contributed by atoms with van der Waals surface area (Å²) in [6.07, 6.45) is 2.31. The summed E-state index contributed by atoms with van der Waals surface area (Å²) in [6.45, 7) is 1.92. The van der Waals surface area contributed by atoms with Gasteiger partial charge in [0.1, 0.15) is 10.8 Å². The minimum absolute atomic E-state index is 0.0117. The van der Waals surface area contributed by atoms with E-state index >= 15 is 0 Å². The SMILES string of the molecule is CCc1cn[nH]c1NC(=O)c1ccc(Cl)c([N+](=O)[O-])c1. The van der Waals surface area contributed by atoms with Crippen LogP contribution in [0.15, 0.2) is 24.4 Å². The molecule has 0 fully saturated rings. The van der Waals surface area contributed by atoms with E-state index in [0.29, 0.717) is 12.2 Å². The molecule has 0 aliphatic rings. The van der Waals surface area contributed by atoms with Crippen LogP contribution >= 0.6 is 11.6 Å². The average Bonchev–Trinajstić information content (AvgIpc) is 2.86. The molecule has 1 heterocycles. The molecule has 0 bridgehead atoms. The van der Waals surface area contributed by atoms with Crippen LogP contribution in [0.4, 0.5) is 11.5 Å². The Morgan fingerprint density at radius 2 is 2.30 bits per heavy atom. The Hall–Kier alpha value is -2.41. The van der Waals surface area contributed by atoms with Gasteiger partial charge >= 0.3 is 0 Å². The lowest BCUT2D eigenvalue weighted by Crippen LogP contribution is -2.13. The highest BCUT2D eigenvalue weighted by Gasteiger charge is 2.17. The number of halogens is 1. The van der Waals surface area contributed by atoms with Crippen LogP contribution in [0.3, 0.4) is 0 Å². The van der Waals surface area contributed by atoms with Crippen LogP contribution < -0.4 is 5.32 Å². The van der Waals surface area contributed by atoms with E-state index in [0.717, 1.165) is 11.6 Å². The number of carbonyl (C=O) groups excluding carboxylic acids is 1. The number of hydrogen-bond acceptors (Lipinski definition) is 4. The third-order valence-electron chi connectivity index (χ3n) is 2.74. The van der Waals surface area contributed by atoms with Crippen molar-refractivity contribution in [2.75, 3.05) is 5.32 Å². The molecule has 0 spiro atoms. The summed E-state index contributed by atoms with van der Waals surface area (Å²) in [6, 6.07) is 3.88. The fourth-order valence-electron chi connectivity index (χ4n) is 1.67. The normalized spacial score (nSPS) is 10.3. The molecular weight excluding hydrogens is 284 g/mol. The second-order valence-electron chi connectivity index (χ2n) is 4.00. The molecule has 1 amide bonds. The first-order valence-corrected chi connectivity index (χ1v) is 6.18. The first-order valence-electron chi connectivity index (χ1n) is 5.80. The number of rotatable bonds is 4. The van der Waals surface area contributed by atoms with Gasteiger partial charge in [0, 0.05) is 17.2 Å². The van der Waals surface area contributed by atoms with Gasteiger partial charge in [-0.2, -0.15) is 5.10 Å². The maximum atomic E-state index is 12.0. The summed E-state index contributed by atoms with van der Waals surface area (Å²) in [5.41, 5.74) is 0.694. The number of H-pyrrole nitrogens is 1. The predicted molar refractivity (Wildman–Crippen MR) is 74.0 cm³/mol. The monoisotopic (exact) mass is 294 g/mol. The van der Waals surface area contributed by atoms with E-state index in [1.54, 1.807) is 6.20 Å². The molecule has 2 N–H and O–H groups in total. The van der Waals surface area contributed by atoms with Gasteiger partial charge in [-0.1, -0.05) is 18.5 Å². The van der Waals surface area contributed by atoms with E-state index in [4.69, 9.17) is 11.6 Å². The van der Waals surface area contributed by atoms with Crippen LogP contribution in [0.2, 0.25) is 5.02 Å². The van der Waals surface area contributed by atoms with Gasteiger partial charge in [-0.25, -0.2) is 0 Å². The summed E-state index contributed by atoms with van der Waals surface area (Å²) in [4.78, 5) is 22.2. The van der Waals surface area contributed by atoms with Crippen LogP contribution in [0.25, 0.3) is 0 Å². The van der Waals surface area contributed by atoms with Crippen LogP contribution in [-0.4, -0.2) is 21.0 Å². The van der Waals surface area contributed by atoms with Gasteiger partial charge in [0.2, 0.25) is 0 Å². The van der Waals surface area contributed by atoms with E-state index in [1.807, 2.05) is 6.92 Å². The number of anilines is 1. The van der Waals surface area contributed by atoms with Crippen LogP contribution in [0.5, 0.6) is 0 Å². The Labute approximate surface area is 119 Å². The van der Waals surface area contributed by atoms with Gasteiger partial charge in [0.15, 0.2) is 0 Å². The highest BCUT2D eigenvalue weighted by atomic mass is 35.5. The predicted octanol–water partition coefficient (Wildman–Crippen LogP) is 2.79. The minimum Gasteiger partial charge on any atom is -0.307 e. The highest BCUT2D eigenvalue weighted by Crippen LogP contribution is 2.25. The second-order valence-corrected chi connectivity index (χ2v) is 4.41. The standard InChI is InChI=1S/C12H11ClN4O3/c1-2-7-6-14-16-11(7)15-12(18)8-3-4-9(13)10(5-8)17(19)20/h3-6H,2H2,1H3,(H2,14,15,16,18). The van der Waals surface area contributed by atoms with Gasteiger partial charge in [0.25, 0.3) is 11.6 Å². The molecule has 1 aromatic heterocycles. The molecule has 0 saturated carbocycles. The molecule has 0 atom stereocenters. The highest BCUT2D eigenvalue weighted by molar-refractivity contribution is 6.32. The molecular formula is C12H11ClN4O3. The second kappa shape index (κ2) is 5.70. The van der Waals surface area contributed by atoms with Crippen LogP contribution in [0.1, 0.15) is 22.8 Å². The number of aryl methyl sites for hydroxylation is 1. The van der Waals surface area contributed by atoms with Crippen molar-refractivity contribution in [3.8, 4) is 0 Å². The molecule has 20 heavy (non-hydrogen) atoms. The van der Waals surface area contributed by atoms with Crippen molar-refractivity contribution < 1.29 is 9.72 Å². The topological polar surface area (TPSA) is 101 Å². The van der Waals surface area contributed by atoms with Crippen molar-refractivity contribution in [3.63, 3.8) is 0 Å². The molecule has 0 aliphatic heterocycles. The Balaban J connectivity index is 2.26. The Kier molecular flexibility index (Phi) is 3.99. The number of nitrogens with one attached hydrogen (secondary N) is 2. The first-order chi connectivity index (χ1) is 9.52. The third-order valence-corrected chi connectivity index (χ3v) is 3.06. The van der Waals surface area contributed by atoms with Gasteiger partial charge in [-0.05, 0) is 18.6 Å². The van der Waals surface area contributed by atoms with Gasteiger partial charge in [-0.15, -0.1) is 0 Å².